The molecule has 1 unspecified atom stereocenters. The number of carbonyl (C=O) groups is 1. The number of ether oxygens (including phenoxy) is 1. The van der Waals surface area contributed by atoms with Crippen LogP contribution in [0.25, 0.3) is 0 Å². The molecule has 92 valence electrons. The van der Waals surface area contributed by atoms with Crippen molar-refractivity contribution in [1.82, 2.24) is 5.32 Å². The molecule has 1 aliphatic rings. The van der Waals surface area contributed by atoms with Crippen LogP contribution in [0.15, 0.2) is 24.3 Å². The third kappa shape index (κ3) is 2.60. The Kier molecular flexibility index (Phi) is 3.36. The van der Waals surface area contributed by atoms with E-state index in [1.165, 1.54) is 5.56 Å². The standard InChI is InChI=1S/C14H19NO2/c1-14(8-4-7-13(16)15-10-14)11-5-3-6-12(9-11)17-2/h3,5-6,9H,4,7-8,10H2,1-2H3,(H,15,16). The maximum atomic E-state index is 11.4. The highest BCUT2D eigenvalue weighted by molar-refractivity contribution is 5.76. The van der Waals surface area contributed by atoms with Crippen molar-refractivity contribution < 1.29 is 9.53 Å². The van der Waals surface area contributed by atoms with Crippen molar-refractivity contribution in [2.75, 3.05) is 13.7 Å². The van der Waals surface area contributed by atoms with Crippen LogP contribution in [0.1, 0.15) is 31.7 Å². The molecule has 1 heterocycles. The molecule has 17 heavy (non-hydrogen) atoms. The van der Waals surface area contributed by atoms with E-state index in [2.05, 4.69) is 24.4 Å². The smallest absolute Gasteiger partial charge is 0.220 e. The molecule has 1 atom stereocenters. The maximum absolute atomic E-state index is 11.4. The van der Waals surface area contributed by atoms with E-state index >= 15 is 0 Å². The summed E-state index contributed by atoms with van der Waals surface area (Å²) < 4.78 is 5.26. The monoisotopic (exact) mass is 233 g/mol. The number of benzene rings is 1. The summed E-state index contributed by atoms with van der Waals surface area (Å²) in [5.41, 5.74) is 1.25. The zero-order chi connectivity index (χ0) is 12.3. The molecular formula is C14H19NO2. The predicted octanol–water partition coefficient (Wildman–Crippen LogP) is 2.25. The zero-order valence-corrected chi connectivity index (χ0v) is 10.5. The van der Waals surface area contributed by atoms with Crippen molar-refractivity contribution in [2.45, 2.75) is 31.6 Å². The fraction of sp³-hybridized carbons (Fsp3) is 0.500. The van der Waals surface area contributed by atoms with Gasteiger partial charge in [0.05, 0.1) is 7.11 Å². The van der Waals surface area contributed by atoms with E-state index in [1.807, 2.05) is 12.1 Å². The van der Waals surface area contributed by atoms with E-state index in [4.69, 9.17) is 4.74 Å². The lowest BCUT2D eigenvalue weighted by Gasteiger charge is -2.28. The number of hydrogen-bond donors (Lipinski definition) is 1. The molecule has 1 aliphatic heterocycles. The molecule has 1 N–H and O–H groups in total. The molecule has 1 aromatic carbocycles. The number of hydrogen-bond acceptors (Lipinski definition) is 2. The fourth-order valence-corrected chi connectivity index (χ4v) is 2.35. The van der Waals surface area contributed by atoms with Gasteiger partial charge in [-0.1, -0.05) is 19.1 Å². The van der Waals surface area contributed by atoms with Crippen molar-refractivity contribution in [3.63, 3.8) is 0 Å². The summed E-state index contributed by atoms with van der Waals surface area (Å²) in [6.45, 7) is 2.91. The van der Waals surface area contributed by atoms with Crippen molar-refractivity contribution >= 4 is 5.91 Å². The van der Waals surface area contributed by atoms with Crippen LogP contribution < -0.4 is 10.1 Å². The molecule has 0 aromatic heterocycles. The van der Waals surface area contributed by atoms with Gasteiger partial charge in [0.1, 0.15) is 5.75 Å². The second kappa shape index (κ2) is 4.78. The Morgan fingerprint density at radius 3 is 3.00 bits per heavy atom. The minimum Gasteiger partial charge on any atom is -0.497 e. The van der Waals surface area contributed by atoms with Gasteiger partial charge in [-0.15, -0.1) is 0 Å². The van der Waals surface area contributed by atoms with Crippen molar-refractivity contribution in [2.24, 2.45) is 0 Å². The first-order chi connectivity index (χ1) is 8.14. The van der Waals surface area contributed by atoms with E-state index in [1.54, 1.807) is 7.11 Å². The highest BCUT2D eigenvalue weighted by Crippen LogP contribution is 2.32. The van der Waals surface area contributed by atoms with Gasteiger partial charge in [0.2, 0.25) is 5.91 Å². The van der Waals surface area contributed by atoms with Gasteiger partial charge in [-0.05, 0) is 30.5 Å². The minimum atomic E-state index is 0.0146. The van der Waals surface area contributed by atoms with E-state index in [9.17, 15) is 4.79 Å². The molecule has 1 amide bonds. The molecule has 0 radical (unpaired) electrons. The first kappa shape index (κ1) is 12.0. The van der Waals surface area contributed by atoms with E-state index in [0.717, 1.165) is 18.6 Å². The van der Waals surface area contributed by atoms with E-state index in [-0.39, 0.29) is 11.3 Å². The molecule has 1 fully saturated rings. The lowest BCUT2D eigenvalue weighted by Crippen LogP contribution is -2.35. The number of amides is 1. The summed E-state index contributed by atoms with van der Waals surface area (Å²) >= 11 is 0. The summed E-state index contributed by atoms with van der Waals surface area (Å²) in [5.74, 6) is 1.04. The molecule has 2 rings (SSSR count). The fourth-order valence-electron chi connectivity index (χ4n) is 2.35. The normalized spacial score (nSPS) is 24.9. The molecule has 1 aromatic rings. The van der Waals surface area contributed by atoms with Crippen molar-refractivity contribution in [1.29, 1.82) is 0 Å². The Labute approximate surface area is 102 Å². The third-order valence-corrected chi connectivity index (χ3v) is 3.57. The Morgan fingerprint density at radius 1 is 1.41 bits per heavy atom. The number of nitrogens with one attached hydrogen (secondary N) is 1. The minimum absolute atomic E-state index is 0.0146. The second-order valence-electron chi connectivity index (χ2n) is 4.92. The van der Waals surface area contributed by atoms with Gasteiger partial charge in [-0.2, -0.15) is 0 Å². The number of methoxy groups -OCH3 is 1. The summed E-state index contributed by atoms with van der Waals surface area (Å²) in [4.78, 5) is 11.4. The first-order valence-electron chi connectivity index (χ1n) is 6.05. The van der Waals surface area contributed by atoms with Crippen LogP contribution in [0.5, 0.6) is 5.75 Å². The van der Waals surface area contributed by atoms with Gasteiger partial charge in [-0.25, -0.2) is 0 Å². The van der Waals surface area contributed by atoms with Gasteiger partial charge >= 0.3 is 0 Å². The van der Waals surface area contributed by atoms with E-state index in [0.29, 0.717) is 13.0 Å². The quantitative estimate of drug-likeness (QED) is 0.851. The maximum Gasteiger partial charge on any atom is 0.220 e. The van der Waals surface area contributed by atoms with Crippen LogP contribution in [0.2, 0.25) is 0 Å². The molecule has 0 spiro atoms. The van der Waals surface area contributed by atoms with Crippen LogP contribution in [-0.2, 0) is 10.2 Å². The molecule has 0 aliphatic carbocycles. The van der Waals surface area contributed by atoms with Crippen molar-refractivity contribution in [3.05, 3.63) is 29.8 Å². The highest BCUT2D eigenvalue weighted by atomic mass is 16.5. The molecule has 0 bridgehead atoms. The third-order valence-electron chi connectivity index (χ3n) is 3.57. The van der Waals surface area contributed by atoms with Gasteiger partial charge in [0.25, 0.3) is 0 Å². The largest absolute Gasteiger partial charge is 0.497 e. The van der Waals surface area contributed by atoms with Gasteiger partial charge < -0.3 is 10.1 Å². The predicted molar refractivity (Wildman–Crippen MR) is 67.2 cm³/mol. The Bertz CT molecular complexity index is 416. The van der Waals surface area contributed by atoms with Crippen LogP contribution in [0.4, 0.5) is 0 Å². The van der Waals surface area contributed by atoms with Gasteiger partial charge in [-0.3, -0.25) is 4.79 Å². The lowest BCUT2D eigenvalue weighted by atomic mass is 9.79. The summed E-state index contributed by atoms with van der Waals surface area (Å²) in [7, 11) is 1.68. The molecule has 3 nitrogen and oxygen atoms in total. The first-order valence-corrected chi connectivity index (χ1v) is 6.05. The topological polar surface area (TPSA) is 38.3 Å². The average molecular weight is 233 g/mol. The molecule has 1 saturated heterocycles. The molecule has 3 heteroatoms. The average Bonchev–Trinajstić information content (AvgIpc) is 2.53. The summed E-state index contributed by atoms with van der Waals surface area (Å²) in [6, 6.07) is 8.13. The van der Waals surface area contributed by atoms with Crippen LogP contribution in [0, 0.1) is 0 Å². The number of carbonyl (C=O) groups excluding carboxylic acids is 1. The summed E-state index contributed by atoms with van der Waals surface area (Å²) in [6.07, 6.45) is 2.61. The second-order valence-corrected chi connectivity index (χ2v) is 4.92. The van der Waals surface area contributed by atoms with Gasteiger partial charge in [0.15, 0.2) is 0 Å². The molecule has 0 saturated carbocycles. The van der Waals surface area contributed by atoms with E-state index < -0.39 is 0 Å². The van der Waals surface area contributed by atoms with Gasteiger partial charge in [0, 0.05) is 18.4 Å². The van der Waals surface area contributed by atoms with Crippen molar-refractivity contribution in [3.8, 4) is 5.75 Å². The van der Waals surface area contributed by atoms with Crippen LogP contribution in [-0.4, -0.2) is 19.6 Å². The molecular weight excluding hydrogens is 214 g/mol. The zero-order valence-electron chi connectivity index (χ0n) is 10.5. The van der Waals surface area contributed by atoms with Crippen LogP contribution in [0.3, 0.4) is 0 Å². The Balaban J connectivity index is 2.26. The highest BCUT2D eigenvalue weighted by Gasteiger charge is 2.29. The summed E-state index contributed by atoms with van der Waals surface area (Å²) in [5, 5.41) is 2.99. The Hall–Kier alpha value is -1.51. The SMILES string of the molecule is COc1cccc(C2(C)CCCC(=O)NC2)c1. The van der Waals surface area contributed by atoms with Crippen LogP contribution >= 0.6 is 0 Å². The Morgan fingerprint density at radius 2 is 2.24 bits per heavy atom. The lowest BCUT2D eigenvalue weighted by molar-refractivity contribution is -0.120. The number of rotatable bonds is 2.